The molecule has 0 unspecified atom stereocenters. The van der Waals surface area contributed by atoms with Gasteiger partial charge in [-0.3, -0.25) is 14.9 Å². The van der Waals surface area contributed by atoms with Gasteiger partial charge in [-0.2, -0.15) is 0 Å². The van der Waals surface area contributed by atoms with Gasteiger partial charge in [0.2, 0.25) is 0 Å². The molecule has 0 aliphatic heterocycles. The van der Waals surface area contributed by atoms with Crippen LogP contribution in [-0.4, -0.2) is 28.1 Å². The highest BCUT2D eigenvalue weighted by Gasteiger charge is 2.29. The summed E-state index contributed by atoms with van der Waals surface area (Å²) < 4.78 is 13.3. The summed E-state index contributed by atoms with van der Waals surface area (Å²) >= 11 is 0. The van der Waals surface area contributed by atoms with E-state index in [1.54, 1.807) is 0 Å². The number of aliphatic hydroxyl groups is 1. The Bertz CT molecular complexity index is 556. The molecule has 1 aliphatic carbocycles. The highest BCUT2D eigenvalue weighted by Crippen LogP contribution is 2.27. The molecule has 1 aliphatic rings. The molecule has 0 heterocycles. The molecule has 114 valence electrons. The molecule has 6 nitrogen and oxygen atoms in total. The van der Waals surface area contributed by atoms with E-state index in [1.165, 1.54) is 0 Å². The van der Waals surface area contributed by atoms with Crippen LogP contribution in [-0.2, 0) is 0 Å². The number of halogens is 1. The fourth-order valence-corrected chi connectivity index (χ4v) is 2.54. The van der Waals surface area contributed by atoms with Gasteiger partial charge in [0.25, 0.3) is 11.6 Å². The number of nitrogens with zero attached hydrogens (tertiary/aromatic N) is 1. The summed E-state index contributed by atoms with van der Waals surface area (Å²) in [6, 6.07) is 2.71. The molecule has 1 amide bonds. The van der Waals surface area contributed by atoms with Crippen LogP contribution in [0.4, 0.5) is 10.1 Å². The molecule has 1 aromatic carbocycles. The Morgan fingerprint density at radius 3 is 2.62 bits per heavy atom. The van der Waals surface area contributed by atoms with Crippen LogP contribution < -0.4 is 5.32 Å². The van der Waals surface area contributed by atoms with Crippen molar-refractivity contribution in [2.45, 2.75) is 37.7 Å². The average molecular weight is 296 g/mol. The van der Waals surface area contributed by atoms with Gasteiger partial charge in [0.1, 0.15) is 5.82 Å². The minimum absolute atomic E-state index is 0.0656. The summed E-state index contributed by atoms with van der Waals surface area (Å²) in [4.78, 5) is 21.8. The number of hydrogen-bond donors (Lipinski definition) is 2. The van der Waals surface area contributed by atoms with E-state index in [9.17, 15) is 24.4 Å². The number of carbonyl (C=O) groups is 1. The van der Waals surface area contributed by atoms with Crippen LogP contribution in [0.5, 0.6) is 0 Å². The summed E-state index contributed by atoms with van der Waals surface area (Å²) in [7, 11) is 0. The van der Waals surface area contributed by atoms with E-state index >= 15 is 0 Å². The van der Waals surface area contributed by atoms with Gasteiger partial charge in [0.15, 0.2) is 0 Å². The normalized spacial score (nSPS) is 17.2. The van der Waals surface area contributed by atoms with Crippen molar-refractivity contribution in [3.63, 3.8) is 0 Å². The van der Waals surface area contributed by atoms with Gasteiger partial charge in [-0.25, -0.2) is 4.39 Å². The lowest BCUT2D eigenvalue weighted by Gasteiger charge is -2.32. The van der Waals surface area contributed by atoms with Crippen LogP contribution in [0.2, 0.25) is 0 Å². The molecule has 1 fully saturated rings. The standard InChI is InChI=1S/C14H17FN2O4/c15-11-6-10(7-12(8-11)17(20)21)13(18)16-9-14(19)4-2-1-3-5-14/h6-8,19H,1-5,9H2,(H,16,18). The van der Waals surface area contributed by atoms with Crippen molar-refractivity contribution in [1.82, 2.24) is 5.32 Å². The lowest BCUT2D eigenvalue weighted by Crippen LogP contribution is -2.44. The molecule has 21 heavy (non-hydrogen) atoms. The molecular formula is C14H17FN2O4. The molecule has 2 N–H and O–H groups in total. The van der Waals surface area contributed by atoms with Gasteiger partial charge in [-0.05, 0) is 18.9 Å². The molecule has 2 rings (SSSR count). The fourth-order valence-electron chi connectivity index (χ4n) is 2.54. The van der Waals surface area contributed by atoms with Crippen LogP contribution in [0.15, 0.2) is 18.2 Å². The first kappa shape index (κ1) is 15.4. The first-order chi connectivity index (χ1) is 9.89. The number of nitro groups is 1. The molecule has 0 saturated heterocycles. The van der Waals surface area contributed by atoms with Crippen molar-refractivity contribution < 1.29 is 19.2 Å². The molecule has 0 bridgehead atoms. The van der Waals surface area contributed by atoms with E-state index in [1.807, 2.05) is 0 Å². The molecular weight excluding hydrogens is 279 g/mol. The van der Waals surface area contributed by atoms with Crippen LogP contribution in [0.25, 0.3) is 0 Å². The molecule has 7 heteroatoms. The second kappa shape index (κ2) is 6.17. The summed E-state index contributed by atoms with van der Waals surface area (Å²) in [6.45, 7) is 0.0656. The van der Waals surface area contributed by atoms with E-state index in [2.05, 4.69) is 5.32 Å². The summed E-state index contributed by atoms with van der Waals surface area (Å²) in [5.41, 5.74) is -1.54. The second-order valence-electron chi connectivity index (χ2n) is 5.42. The maximum atomic E-state index is 13.3. The molecule has 0 aromatic heterocycles. The lowest BCUT2D eigenvalue weighted by atomic mass is 9.85. The van der Waals surface area contributed by atoms with Crippen molar-refractivity contribution >= 4 is 11.6 Å². The number of rotatable bonds is 4. The van der Waals surface area contributed by atoms with Crippen molar-refractivity contribution in [3.8, 4) is 0 Å². The Labute approximate surface area is 121 Å². The highest BCUT2D eigenvalue weighted by molar-refractivity contribution is 5.94. The molecule has 0 radical (unpaired) electrons. The largest absolute Gasteiger partial charge is 0.388 e. The third-order valence-corrected chi connectivity index (χ3v) is 3.72. The number of benzene rings is 1. The van der Waals surface area contributed by atoms with E-state index in [4.69, 9.17) is 0 Å². The van der Waals surface area contributed by atoms with E-state index in [-0.39, 0.29) is 12.1 Å². The topological polar surface area (TPSA) is 92.5 Å². The summed E-state index contributed by atoms with van der Waals surface area (Å²) in [6.07, 6.45) is 4.08. The molecule has 0 atom stereocenters. The fraction of sp³-hybridized carbons (Fsp3) is 0.500. The average Bonchev–Trinajstić information content (AvgIpc) is 2.45. The van der Waals surface area contributed by atoms with Gasteiger partial charge < -0.3 is 10.4 Å². The SMILES string of the molecule is O=C(NCC1(O)CCCCC1)c1cc(F)cc([N+](=O)[O-])c1. The number of non-ortho nitro benzene ring substituents is 1. The third kappa shape index (κ3) is 3.98. The summed E-state index contributed by atoms with van der Waals surface area (Å²) in [5, 5.41) is 23.4. The van der Waals surface area contributed by atoms with Gasteiger partial charge in [-0.15, -0.1) is 0 Å². The molecule has 1 saturated carbocycles. The number of nitro benzene ring substituents is 1. The Morgan fingerprint density at radius 1 is 1.33 bits per heavy atom. The Kier molecular flexibility index (Phi) is 4.52. The molecule has 0 spiro atoms. The zero-order valence-electron chi connectivity index (χ0n) is 11.5. The second-order valence-corrected chi connectivity index (χ2v) is 5.42. The van der Waals surface area contributed by atoms with Gasteiger partial charge >= 0.3 is 0 Å². The Balaban J connectivity index is 2.04. The van der Waals surface area contributed by atoms with Crippen molar-refractivity contribution in [2.75, 3.05) is 6.54 Å². The zero-order chi connectivity index (χ0) is 15.5. The van der Waals surface area contributed by atoms with Gasteiger partial charge in [0.05, 0.1) is 16.6 Å². The van der Waals surface area contributed by atoms with Crippen LogP contribution in [0.3, 0.4) is 0 Å². The summed E-state index contributed by atoms with van der Waals surface area (Å²) in [5.74, 6) is -1.47. The highest BCUT2D eigenvalue weighted by atomic mass is 19.1. The maximum absolute atomic E-state index is 13.3. The minimum atomic E-state index is -0.937. The Hall–Kier alpha value is -2.02. The van der Waals surface area contributed by atoms with E-state index in [0.29, 0.717) is 12.8 Å². The van der Waals surface area contributed by atoms with Crippen LogP contribution >= 0.6 is 0 Å². The first-order valence-electron chi connectivity index (χ1n) is 6.85. The zero-order valence-corrected chi connectivity index (χ0v) is 11.5. The predicted octanol–water partition coefficient (Wildman–Crippen LogP) is 2.16. The molecule has 1 aromatic rings. The minimum Gasteiger partial charge on any atom is -0.388 e. The monoisotopic (exact) mass is 296 g/mol. The van der Waals surface area contributed by atoms with E-state index in [0.717, 1.165) is 37.5 Å². The number of carbonyl (C=O) groups excluding carboxylic acids is 1. The van der Waals surface area contributed by atoms with Crippen LogP contribution in [0.1, 0.15) is 42.5 Å². The van der Waals surface area contributed by atoms with Crippen molar-refractivity contribution in [2.24, 2.45) is 0 Å². The maximum Gasteiger partial charge on any atom is 0.273 e. The lowest BCUT2D eigenvalue weighted by molar-refractivity contribution is -0.385. The van der Waals surface area contributed by atoms with Gasteiger partial charge in [-0.1, -0.05) is 19.3 Å². The quantitative estimate of drug-likeness (QED) is 0.657. The number of nitrogens with one attached hydrogen (secondary N) is 1. The predicted molar refractivity (Wildman–Crippen MR) is 73.4 cm³/mol. The van der Waals surface area contributed by atoms with Gasteiger partial charge in [0, 0.05) is 18.2 Å². The first-order valence-corrected chi connectivity index (χ1v) is 6.85. The van der Waals surface area contributed by atoms with Crippen molar-refractivity contribution in [3.05, 3.63) is 39.7 Å². The van der Waals surface area contributed by atoms with Crippen molar-refractivity contribution in [1.29, 1.82) is 0 Å². The van der Waals surface area contributed by atoms with E-state index < -0.39 is 27.9 Å². The number of amides is 1. The Morgan fingerprint density at radius 2 is 2.00 bits per heavy atom. The third-order valence-electron chi connectivity index (χ3n) is 3.72. The number of hydrogen-bond acceptors (Lipinski definition) is 4. The smallest absolute Gasteiger partial charge is 0.273 e. The van der Waals surface area contributed by atoms with Crippen LogP contribution in [0, 0.1) is 15.9 Å².